The minimum Gasteiger partial charge on any atom is -0.451 e. The third-order valence-electron chi connectivity index (χ3n) is 3.25. The van der Waals surface area contributed by atoms with Crippen molar-refractivity contribution in [3.63, 3.8) is 0 Å². The van der Waals surface area contributed by atoms with E-state index >= 15 is 0 Å². The monoisotopic (exact) mass is 291 g/mol. The van der Waals surface area contributed by atoms with Gasteiger partial charge in [-0.1, -0.05) is 23.7 Å². The summed E-state index contributed by atoms with van der Waals surface area (Å²) in [6.45, 7) is 2.34. The van der Waals surface area contributed by atoms with Gasteiger partial charge in [-0.05, 0) is 24.3 Å². The Morgan fingerprint density at radius 1 is 1.10 bits per heavy atom. The van der Waals surface area contributed by atoms with Crippen LogP contribution in [-0.4, -0.2) is 37.1 Å². The lowest BCUT2D eigenvalue weighted by Gasteiger charge is -2.25. The number of morpholine rings is 1. The summed E-state index contributed by atoms with van der Waals surface area (Å²) in [4.78, 5) is 14.0. The van der Waals surface area contributed by atoms with Gasteiger partial charge in [0.15, 0.2) is 5.76 Å². The summed E-state index contributed by atoms with van der Waals surface area (Å²) in [6, 6.07) is 10.9. The Kier molecular flexibility index (Phi) is 3.76. The normalized spacial score (nSPS) is 15.3. The molecule has 1 aliphatic heterocycles. The third kappa shape index (κ3) is 2.57. The summed E-state index contributed by atoms with van der Waals surface area (Å²) in [6.07, 6.45) is 0. The molecule has 0 bridgehead atoms. The van der Waals surface area contributed by atoms with Gasteiger partial charge in [0.2, 0.25) is 0 Å². The van der Waals surface area contributed by atoms with Crippen molar-refractivity contribution in [1.29, 1.82) is 0 Å². The lowest BCUT2D eigenvalue weighted by Crippen LogP contribution is -2.40. The van der Waals surface area contributed by atoms with E-state index in [1.807, 2.05) is 18.2 Å². The predicted molar refractivity (Wildman–Crippen MR) is 75.9 cm³/mol. The average molecular weight is 292 g/mol. The number of carbonyl (C=O) groups excluding carboxylic acids is 1. The molecule has 0 N–H and O–H groups in total. The third-order valence-corrected chi connectivity index (χ3v) is 3.58. The molecule has 1 fully saturated rings. The quantitative estimate of drug-likeness (QED) is 0.854. The highest BCUT2D eigenvalue weighted by molar-refractivity contribution is 6.33. The molecule has 3 rings (SSSR count). The zero-order valence-corrected chi connectivity index (χ0v) is 11.6. The molecule has 1 aromatic carbocycles. The summed E-state index contributed by atoms with van der Waals surface area (Å²) in [5.74, 6) is 0.834. The maximum Gasteiger partial charge on any atom is 0.289 e. The first-order valence-corrected chi connectivity index (χ1v) is 6.85. The summed E-state index contributed by atoms with van der Waals surface area (Å²) >= 11 is 6.12. The fourth-order valence-electron chi connectivity index (χ4n) is 2.18. The summed E-state index contributed by atoms with van der Waals surface area (Å²) in [5.41, 5.74) is 0.787. The molecule has 5 heteroatoms. The highest BCUT2D eigenvalue weighted by atomic mass is 35.5. The molecule has 104 valence electrons. The molecule has 0 radical (unpaired) electrons. The van der Waals surface area contributed by atoms with Crippen LogP contribution < -0.4 is 0 Å². The maximum absolute atomic E-state index is 12.3. The van der Waals surface area contributed by atoms with E-state index in [9.17, 15) is 4.79 Å². The van der Waals surface area contributed by atoms with Gasteiger partial charge in [0.05, 0.1) is 18.2 Å². The van der Waals surface area contributed by atoms with Crippen LogP contribution in [0.1, 0.15) is 10.6 Å². The first-order chi connectivity index (χ1) is 9.75. The van der Waals surface area contributed by atoms with E-state index < -0.39 is 0 Å². The van der Waals surface area contributed by atoms with Gasteiger partial charge in [0, 0.05) is 18.7 Å². The number of hydrogen-bond donors (Lipinski definition) is 0. The molecule has 2 aromatic rings. The van der Waals surface area contributed by atoms with Gasteiger partial charge in [0.1, 0.15) is 5.76 Å². The van der Waals surface area contributed by atoms with E-state index in [4.69, 9.17) is 20.8 Å². The smallest absolute Gasteiger partial charge is 0.289 e. The van der Waals surface area contributed by atoms with Crippen LogP contribution >= 0.6 is 11.6 Å². The average Bonchev–Trinajstić information content (AvgIpc) is 2.97. The predicted octanol–water partition coefficient (Wildman–Crippen LogP) is 3.07. The van der Waals surface area contributed by atoms with Gasteiger partial charge in [-0.25, -0.2) is 0 Å². The van der Waals surface area contributed by atoms with E-state index in [1.54, 1.807) is 23.1 Å². The van der Waals surface area contributed by atoms with Crippen molar-refractivity contribution in [2.75, 3.05) is 26.3 Å². The Bertz CT molecular complexity index is 617. The fraction of sp³-hybridized carbons (Fsp3) is 0.267. The van der Waals surface area contributed by atoms with Gasteiger partial charge in [-0.2, -0.15) is 0 Å². The number of amides is 1. The van der Waals surface area contributed by atoms with Crippen LogP contribution in [0, 0.1) is 0 Å². The largest absolute Gasteiger partial charge is 0.451 e. The Morgan fingerprint density at radius 2 is 1.85 bits per heavy atom. The topological polar surface area (TPSA) is 42.7 Å². The van der Waals surface area contributed by atoms with Crippen molar-refractivity contribution in [3.05, 3.63) is 47.2 Å². The van der Waals surface area contributed by atoms with Crippen LogP contribution in [0.5, 0.6) is 0 Å². The molecule has 2 heterocycles. The molecule has 0 aliphatic carbocycles. The van der Waals surface area contributed by atoms with Crippen LogP contribution in [0.25, 0.3) is 11.3 Å². The Balaban J connectivity index is 1.83. The lowest BCUT2D eigenvalue weighted by molar-refractivity contribution is 0.0283. The molecule has 4 nitrogen and oxygen atoms in total. The number of nitrogens with zero attached hydrogens (tertiary/aromatic N) is 1. The standard InChI is InChI=1S/C15H14ClNO3/c16-12-4-2-1-3-11(12)13-5-6-14(20-13)15(18)17-7-9-19-10-8-17/h1-6H,7-10H2. The van der Waals surface area contributed by atoms with Crippen LogP contribution in [0.3, 0.4) is 0 Å². The van der Waals surface area contributed by atoms with Crippen LogP contribution in [0.2, 0.25) is 5.02 Å². The number of ether oxygens (including phenoxy) is 1. The summed E-state index contributed by atoms with van der Waals surface area (Å²) in [5, 5.41) is 0.604. The highest BCUT2D eigenvalue weighted by Crippen LogP contribution is 2.29. The maximum atomic E-state index is 12.3. The second-order valence-electron chi connectivity index (χ2n) is 4.55. The molecule has 1 saturated heterocycles. The molecular formula is C15H14ClNO3. The van der Waals surface area contributed by atoms with Crippen LogP contribution in [0.15, 0.2) is 40.8 Å². The van der Waals surface area contributed by atoms with Crippen molar-refractivity contribution >= 4 is 17.5 Å². The summed E-state index contributed by atoms with van der Waals surface area (Å²) < 4.78 is 10.9. The zero-order valence-electron chi connectivity index (χ0n) is 10.8. The number of rotatable bonds is 2. The minimum atomic E-state index is -0.105. The first kappa shape index (κ1) is 13.2. The van der Waals surface area contributed by atoms with Crippen LogP contribution in [0.4, 0.5) is 0 Å². The van der Waals surface area contributed by atoms with Gasteiger partial charge in [0.25, 0.3) is 5.91 Å². The summed E-state index contributed by atoms with van der Waals surface area (Å²) in [7, 11) is 0. The van der Waals surface area contributed by atoms with Crippen molar-refractivity contribution in [3.8, 4) is 11.3 Å². The van der Waals surface area contributed by atoms with Gasteiger partial charge in [-0.15, -0.1) is 0 Å². The fourth-order valence-corrected chi connectivity index (χ4v) is 2.41. The molecule has 1 aromatic heterocycles. The molecule has 0 atom stereocenters. The minimum absolute atomic E-state index is 0.105. The van der Waals surface area contributed by atoms with Crippen molar-refractivity contribution in [2.45, 2.75) is 0 Å². The van der Waals surface area contributed by atoms with Crippen molar-refractivity contribution < 1.29 is 13.9 Å². The molecule has 0 saturated carbocycles. The Labute approximate surface area is 121 Å². The first-order valence-electron chi connectivity index (χ1n) is 6.47. The lowest BCUT2D eigenvalue weighted by atomic mass is 10.2. The van der Waals surface area contributed by atoms with E-state index in [1.165, 1.54) is 0 Å². The highest BCUT2D eigenvalue weighted by Gasteiger charge is 2.21. The van der Waals surface area contributed by atoms with Crippen LogP contribution in [-0.2, 0) is 4.74 Å². The molecular weight excluding hydrogens is 278 g/mol. The number of benzene rings is 1. The van der Waals surface area contributed by atoms with E-state index in [0.717, 1.165) is 5.56 Å². The van der Waals surface area contributed by atoms with E-state index in [-0.39, 0.29) is 5.91 Å². The number of carbonyl (C=O) groups is 1. The van der Waals surface area contributed by atoms with Gasteiger partial charge >= 0.3 is 0 Å². The molecule has 1 aliphatic rings. The molecule has 20 heavy (non-hydrogen) atoms. The van der Waals surface area contributed by atoms with E-state index in [0.29, 0.717) is 42.8 Å². The van der Waals surface area contributed by atoms with Gasteiger partial charge in [-0.3, -0.25) is 4.79 Å². The SMILES string of the molecule is O=C(c1ccc(-c2ccccc2Cl)o1)N1CCOCC1. The Hall–Kier alpha value is -1.78. The zero-order chi connectivity index (χ0) is 13.9. The van der Waals surface area contributed by atoms with Gasteiger partial charge < -0.3 is 14.1 Å². The second-order valence-corrected chi connectivity index (χ2v) is 4.96. The van der Waals surface area contributed by atoms with Crippen molar-refractivity contribution in [1.82, 2.24) is 4.90 Å². The number of halogens is 1. The second kappa shape index (κ2) is 5.69. The Morgan fingerprint density at radius 3 is 2.60 bits per heavy atom. The number of furan rings is 1. The number of hydrogen-bond acceptors (Lipinski definition) is 3. The molecule has 0 spiro atoms. The molecule has 1 amide bonds. The van der Waals surface area contributed by atoms with Crippen molar-refractivity contribution in [2.24, 2.45) is 0 Å². The molecule has 0 unspecified atom stereocenters. The van der Waals surface area contributed by atoms with E-state index in [2.05, 4.69) is 0 Å².